The summed E-state index contributed by atoms with van der Waals surface area (Å²) in [5.41, 5.74) is 5.53. The van der Waals surface area contributed by atoms with Gasteiger partial charge in [0.05, 0.1) is 0 Å². The number of benzene rings is 1. The molecular formula is C7H7BrFNO2. The molecule has 0 spiro atoms. The zero-order valence-corrected chi connectivity index (χ0v) is 7.60. The maximum atomic E-state index is 12.7. The number of phenols is 2. The van der Waals surface area contributed by atoms with E-state index in [4.69, 9.17) is 15.9 Å². The Morgan fingerprint density at radius 1 is 1.42 bits per heavy atom. The van der Waals surface area contributed by atoms with Crippen molar-refractivity contribution in [1.29, 1.82) is 0 Å². The first-order chi connectivity index (χ1) is 5.57. The SMILES string of the molecule is NCc1c(Br)cc(F)c(O)c1O. The standard InChI is InChI=1S/C7H7BrFNO2/c8-4-1-5(9)7(12)6(11)3(4)2-10/h1,11-12H,2,10H2. The fourth-order valence-electron chi connectivity index (χ4n) is 0.830. The molecule has 0 aliphatic rings. The van der Waals surface area contributed by atoms with E-state index in [0.29, 0.717) is 4.47 Å². The highest BCUT2D eigenvalue weighted by Gasteiger charge is 2.14. The van der Waals surface area contributed by atoms with Gasteiger partial charge >= 0.3 is 0 Å². The van der Waals surface area contributed by atoms with Gasteiger partial charge in [0.1, 0.15) is 0 Å². The smallest absolute Gasteiger partial charge is 0.194 e. The van der Waals surface area contributed by atoms with Crippen molar-refractivity contribution in [2.75, 3.05) is 0 Å². The normalized spacial score (nSPS) is 10.2. The quantitative estimate of drug-likeness (QED) is 0.646. The lowest BCUT2D eigenvalue weighted by molar-refractivity contribution is 0.375. The molecule has 1 aromatic rings. The summed E-state index contributed by atoms with van der Waals surface area (Å²) in [5, 5.41) is 18.1. The van der Waals surface area contributed by atoms with Gasteiger partial charge in [-0.15, -0.1) is 0 Å². The predicted molar refractivity (Wildman–Crippen MR) is 45.3 cm³/mol. The van der Waals surface area contributed by atoms with Gasteiger partial charge in [0.2, 0.25) is 0 Å². The summed E-state index contributed by atoms with van der Waals surface area (Å²) in [6.45, 7) is 0.0280. The molecule has 0 aliphatic heterocycles. The van der Waals surface area contributed by atoms with E-state index in [1.165, 1.54) is 0 Å². The molecule has 0 aliphatic carbocycles. The third kappa shape index (κ3) is 1.37. The van der Waals surface area contributed by atoms with E-state index in [-0.39, 0.29) is 12.1 Å². The van der Waals surface area contributed by atoms with Crippen LogP contribution in [0.15, 0.2) is 10.5 Å². The van der Waals surface area contributed by atoms with Gasteiger partial charge in [-0.25, -0.2) is 4.39 Å². The van der Waals surface area contributed by atoms with E-state index in [0.717, 1.165) is 6.07 Å². The van der Waals surface area contributed by atoms with E-state index >= 15 is 0 Å². The molecule has 66 valence electrons. The van der Waals surface area contributed by atoms with E-state index in [1.807, 2.05) is 0 Å². The molecule has 5 heteroatoms. The Morgan fingerprint density at radius 3 is 2.50 bits per heavy atom. The first-order valence-corrected chi connectivity index (χ1v) is 3.96. The van der Waals surface area contributed by atoms with Gasteiger partial charge in [-0.2, -0.15) is 0 Å². The van der Waals surface area contributed by atoms with Gasteiger partial charge in [0.25, 0.3) is 0 Å². The van der Waals surface area contributed by atoms with Crippen LogP contribution in [0.25, 0.3) is 0 Å². The zero-order valence-electron chi connectivity index (χ0n) is 6.01. The third-order valence-corrected chi connectivity index (χ3v) is 2.19. The van der Waals surface area contributed by atoms with Crippen molar-refractivity contribution in [3.8, 4) is 11.5 Å². The van der Waals surface area contributed by atoms with Gasteiger partial charge in [0, 0.05) is 16.6 Å². The predicted octanol–water partition coefficient (Wildman–Crippen LogP) is 1.46. The molecule has 12 heavy (non-hydrogen) atoms. The Morgan fingerprint density at radius 2 is 2.00 bits per heavy atom. The van der Waals surface area contributed by atoms with Crippen LogP contribution in [0, 0.1) is 5.82 Å². The number of phenolic OH excluding ortho intramolecular Hbond substituents is 2. The molecule has 0 unspecified atom stereocenters. The molecule has 0 aromatic heterocycles. The van der Waals surface area contributed by atoms with Crippen LogP contribution in [0.1, 0.15) is 5.56 Å². The number of halogens is 2. The lowest BCUT2D eigenvalue weighted by Gasteiger charge is -2.06. The molecule has 0 saturated heterocycles. The van der Waals surface area contributed by atoms with Crippen LogP contribution in [0.2, 0.25) is 0 Å². The second-order valence-electron chi connectivity index (χ2n) is 2.22. The molecular weight excluding hydrogens is 229 g/mol. The number of rotatable bonds is 1. The second-order valence-corrected chi connectivity index (χ2v) is 3.07. The number of hydrogen-bond donors (Lipinski definition) is 3. The molecule has 0 fully saturated rings. The maximum Gasteiger partial charge on any atom is 0.194 e. The minimum atomic E-state index is -0.878. The molecule has 4 N–H and O–H groups in total. The number of nitrogens with two attached hydrogens (primary N) is 1. The van der Waals surface area contributed by atoms with Gasteiger partial charge in [-0.1, -0.05) is 15.9 Å². The molecule has 1 aromatic carbocycles. The topological polar surface area (TPSA) is 66.5 Å². The Hall–Kier alpha value is -0.810. The summed E-state index contributed by atoms with van der Waals surface area (Å²) >= 11 is 3.00. The van der Waals surface area contributed by atoms with Crippen LogP contribution in [0.5, 0.6) is 11.5 Å². The first-order valence-electron chi connectivity index (χ1n) is 3.16. The third-order valence-electron chi connectivity index (χ3n) is 1.48. The van der Waals surface area contributed by atoms with Crippen LogP contribution < -0.4 is 5.73 Å². The molecule has 0 amide bonds. The molecule has 3 nitrogen and oxygen atoms in total. The molecule has 1 rings (SSSR count). The summed E-state index contributed by atoms with van der Waals surface area (Å²) in [5.74, 6) is -2.15. The van der Waals surface area contributed by atoms with E-state index in [9.17, 15) is 4.39 Å². The van der Waals surface area contributed by atoms with E-state index in [1.54, 1.807) is 0 Å². The van der Waals surface area contributed by atoms with Crippen molar-refractivity contribution in [3.63, 3.8) is 0 Å². The monoisotopic (exact) mass is 235 g/mol. The molecule has 0 saturated carbocycles. The summed E-state index contributed by atoms with van der Waals surface area (Å²) < 4.78 is 13.0. The Bertz CT molecular complexity index is 317. The van der Waals surface area contributed by atoms with Crippen LogP contribution >= 0.6 is 15.9 Å². The van der Waals surface area contributed by atoms with Crippen LogP contribution in [-0.2, 0) is 6.54 Å². The van der Waals surface area contributed by atoms with Crippen LogP contribution in [-0.4, -0.2) is 10.2 Å². The van der Waals surface area contributed by atoms with E-state index < -0.39 is 17.3 Å². The number of hydrogen-bond acceptors (Lipinski definition) is 3. The van der Waals surface area contributed by atoms with Crippen molar-refractivity contribution in [3.05, 3.63) is 21.9 Å². The molecule has 0 radical (unpaired) electrons. The van der Waals surface area contributed by atoms with Gasteiger partial charge < -0.3 is 15.9 Å². The summed E-state index contributed by atoms with van der Waals surface area (Å²) in [7, 11) is 0. The second kappa shape index (κ2) is 3.28. The van der Waals surface area contributed by atoms with Crippen molar-refractivity contribution in [1.82, 2.24) is 0 Å². The average molecular weight is 236 g/mol. The largest absolute Gasteiger partial charge is 0.504 e. The van der Waals surface area contributed by atoms with Crippen molar-refractivity contribution < 1.29 is 14.6 Å². The fraction of sp³-hybridized carbons (Fsp3) is 0.143. The summed E-state index contributed by atoms with van der Waals surface area (Å²) in [4.78, 5) is 0. The number of aromatic hydroxyl groups is 2. The van der Waals surface area contributed by atoms with Gasteiger partial charge in [0.15, 0.2) is 17.3 Å². The first kappa shape index (κ1) is 9.28. The molecule has 0 bridgehead atoms. The summed E-state index contributed by atoms with van der Waals surface area (Å²) in [6, 6.07) is 1.05. The lowest BCUT2D eigenvalue weighted by atomic mass is 10.2. The minimum absolute atomic E-state index is 0.0280. The highest BCUT2D eigenvalue weighted by Crippen LogP contribution is 2.36. The van der Waals surface area contributed by atoms with Crippen LogP contribution in [0.4, 0.5) is 4.39 Å². The van der Waals surface area contributed by atoms with Crippen molar-refractivity contribution >= 4 is 15.9 Å². The summed E-state index contributed by atoms with van der Waals surface area (Å²) in [6.07, 6.45) is 0. The maximum absolute atomic E-state index is 12.7. The molecule has 0 atom stereocenters. The lowest BCUT2D eigenvalue weighted by Crippen LogP contribution is -1.98. The minimum Gasteiger partial charge on any atom is -0.504 e. The van der Waals surface area contributed by atoms with Crippen LogP contribution in [0.3, 0.4) is 0 Å². The van der Waals surface area contributed by atoms with Gasteiger partial charge in [-0.3, -0.25) is 0 Å². The van der Waals surface area contributed by atoms with Crippen molar-refractivity contribution in [2.24, 2.45) is 5.73 Å². The Balaban J connectivity index is 3.40. The van der Waals surface area contributed by atoms with E-state index in [2.05, 4.69) is 15.9 Å². The molecule has 0 heterocycles. The zero-order chi connectivity index (χ0) is 9.30. The van der Waals surface area contributed by atoms with Gasteiger partial charge in [-0.05, 0) is 6.07 Å². The van der Waals surface area contributed by atoms with Crippen molar-refractivity contribution in [2.45, 2.75) is 6.54 Å². The highest BCUT2D eigenvalue weighted by atomic mass is 79.9. The Kier molecular flexibility index (Phi) is 2.54. The fourth-order valence-corrected chi connectivity index (χ4v) is 1.38. The Labute approximate surface area is 76.8 Å². The average Bonchev–Trinajstić information content (AvgIpc) is 2.01. The highest BCUT2D eigenvalue weighted by molar-refractivity contribution is 9.10.